The number of nitrogen functional groups attached to an aromatic ring is 1. The Morgan fingerprint density at radius 3 is 2.56 bits per heavy atom. The molecule has 1 saturated carbocycles. The number of nitrogens with two attached hydrogens (primary N) is 2. The number of aromatic nitrogens is 3. The van der Waals surface area contributed by atoms with Gasteiger partial charge in [-0.05, 0) is 12.8 Å². The van der Waals surface area contributed by atoms with Crippen LogP contribution in [0.4, 0.5) is 5.95 Å². The molecule has 5 N–H and O–H groups in total. The Labute approximate surface area is 104 Å². The van der Waals surface area contributed by atoms with E-state index in [1.807, 2.05) is 0 Å². The predicted molar refractivity (Wildman–Crippen MR) is 63.3 cm³/mol. The van der Waals surface area contributed by atoms with Crippen LogP contribution in [0.3, 0.4) is 0 Å². The highest BCUT2D eigenvalue weighted by Gasteiger charge is 2.30. The summed E-state index contributed by atoms with van der Waals surface area (Å²) in [5.74, 6) is -0.878. The van der Waals surface area contributed by atoms with Crippen LogP contribution < -0.4 is 11.5 Å². The van der Waals surface area contributed by atoms with E-state index in [4.69, 9.17) is 11.5 Å². The van der Waals surface area contributed by atoms with Gasteiger partial charge in [0.1, 0.15) is 6.54 Å². The first kappa shape index (κ1) is 12.3. The zero-order chi connectivity index (χ0) is 13.1. The molecule has 1 aromatic heterocycles. The number of nitrogens with zero attached hydrogens (tertiary/aromatic N) is 3. The van der Waals surface area contributed by atoms with Gasteiger partial charge in [0.05, 0.1) is 0 Å². The van der Waals surface area contributed by atoms with Crippen LogP contribution in [0.25, 0.3) is 0 Å². The van der Waals surface area contributed by atoms with Crippen molar-refractivity contribution in [3.63, 3.8) is 0 Å². The van der Waals surface area contributed by atoms with Crippen LogP contribution in [0.1, 0.15) is 36.3 Å². The monoisotopic (exact) mass is 252 g/mol. The van der Waals surface area contributed by atoms with Gasteiger partial charge in [-0.25, -0.2) is 0 Å². The number of carbonyl (C=O) groups is 2. The number of amides is 2. The molecule has 0 aromatic carbocycles. The summed E-state index contributed by atoms with van der Waals surface area (Å²) in [5, 5.41) is 6.06. The van der Waals surface area contributed by atoms with E-state index >= 15 is 0 Å². The number of aromatic amines is 1. The molecule has 1 aliphatic rings. The highest BCUT2D eigenvalue weighted by atomic mass is 16.2. The van der Waals surface area contributed by atoms with E-state index in [2.05, 4.69) is 15.2 Å². The van der Waals surface area contributed by atoms with Gasteiger partial charge in [0.25, 0.3) is 5.91 Å². The smallest absolute Gasteiger partial charge is 0.291 e. The topological polar surface area (TPSA) is 131 Å². The van der Waals surface area contributed by atoms with Crippen molar-refractivity contribution in [3.05, 3.63) is 5.82 Å². The summed E-state index contributed by atoms with van der Waals surface area (Å²) in [6, 6.07) is 0.0383. The van der Waals surface area contributed by atoms with Crippen LogP contribution in [-0.4, -0.2) is 44.5 Å². The number of rotatable bonds is 4. The van der Waals surface area contributed by atoms with Gasteiger partial charge >= 0.3 is 0 Å². The van der Waals surface area contributed by atoms with Gasteiger partial charge in [0, 0.05) is 6.04 Å². The fraction of sp³-hybridized carbons (Fsp3) is 0.600. The molecule has 2 rings (SSSR count). The summed E-state index contributed by atoms with van der Waals surface area (Å²) < 4.78 is 0. The molecule has 8 nitrogen and oxygen atoms in total. The van der Waals surface area contributed by atoms with Gasteiger partial charge in [-0.1, -0.05) is 12.8 Å². The number of carbonyl (C=O) groups excluding carboxylic acids is 2. The van der Waals surface area contributed by atoms with E-state index in [1.54, 1.807) is 0 Å². The highest BCUT2D eigenvalue weighted by molar-refractivity contribution is 5.93. The van der Waals surface area contributed by atoms with E-state index in [0.717, 1.165) is 25.7 Å². The van der Waals surface area contributed by atoms with Crippen molar-refractivity contribution >= 4 is 17.8 Å². The first-order chi connectivity index (χ1) is 8.58. The van der Waals surface area contributed by atoms with Gasteiger partial charge in [-0.2, -0.15) is 4.98 Å². The molecule has 98 valence electrons. The van der Waals surface area contributed by atoms with E-state index in [1.165, 1.54) is 4.90 Å². The minimum absolute atomic E-state index is 0.00352. The zero-order valence-corrected chi connectivity index (χ0v) is 9.93. The molecule has 0 radical (unpaired) electrons. The highest BCUT2D eigenvalue weighted by Crippen LogP contribution is 2.24. The summed E-state index contributed by atoms with van der Waals surface area (Å²) in [7, 11) is 0. The second-order valence-electron chi connectivity index (χ2n) is 4.38. The fourth-order valence-electron chi connectivity index (χ4n) is 2.26. The van der Waals surface area contributed by atoms with Crippen molar-refractivity contribution in [2.45, 2.75) is 31.7 Å². The second-order valence-corrected chi connectivity index (χ2v) is 4.38. The molecule has 0 atom stereocenters. The minimum atomic E-state index is -0.539. The van der Waals surface area contributed by atoms with E-state index in [-0.39, 0.29) is 30.3 Å². The molecule has 8 heteroatoms. The molecule has 1 fully saturated rings. The number of nitrogens with one attached hydrogen (secondary N) is 1. The lowest BCUT2D eigenvalue weighted by atomic mass is 10.2. The maximum absolute atomic E-state index is 12.2. The normalized spacial score (nSPS) is 15.8. The lowest BCUT2D eigenvalue weighted by molar-refractivity contribution is -0.119. The summed E-state index contributed by atoms with van der Waals surface area (Å²) in [4.78, 5) is 28.5. The Balaban J connectivity index is 2.17. The molecular formula is C10H16N6O2. The molecule has 0 aliphatic heterocycles. The van der Waals surface area contributed by atoms with Crippen LogP contribution >= 0.6 is 0 Å². The SMILES string of the molecule is NC(=O)CN(C(=O)c1nc(N)n[nH]1)C1CCCC1. The van der Waals surface area contributed by atoms with Crippen molar-refractivity contribution in [3.8, 4) is 0 Å². The van der Waals surface area contributed by atoms with Crippen molar-refractivity contribution in [2.24, 2.45) is 5.73 Å². The lowest BCUT2D eigenvalue weighted by Crippen LogP contribution is -2.44. The van der Waals surface area contributed by atoms with Gasteiger partial charge in [-0.15, -0.1) is 5.10 Å². The number of H-pyrrole nitrogens is 1. The van der Waals surface area contributed by atoms with Crippen molar-refractivity contribution in [1.29, 1.82) is 0 Å². The number of hydrogen-bond acceptors (Lipinski definition) is 5. The molecule has 1 aromatic rings. The third-order valence-electron chi connectivity index (χ3n) is 3.06. The van der Waals surface area contributed by atoms with Crippen LogP contribution in [0.2, 0.25) is 0 Å². The van der Waals surface area contributed by atoms with Gasteiger partial charge in [-0.3, -0.25) is 14.7 Å². The third-order valence-corrected chi connectivity index (χ3v) is 3.06. The van der Waals surface area contributed by atoms with Crippen molar-refractivity contribution in [1.82, 2.24) is 20.1 Å². The van der Waals surface area contributed by atoms with Crippen LogP contribution in [0.5, 0.6) is 0 Å². The molecule has 18 heavy (non-hydrogen) atoms. The molecule has 0 spiro atoms. The first-order valence-corrected chi connectivity index (χ1v) is 5.85. The van der Waals surface area contributed by atoms with Gasteiger partial charge in [0.2, 0.25) is 17.7 Å². The lowest BCUT2D eigenvalue weighted by Gasteiger charge is -2.26. The van der Waals surface area contributed by atoms with Gasteiger partial charge in [0.15, 0.2) is 0 Å². The molecular weight excluding hydrogens is 236 g/mol. The Hall–Kier alpha value is -2.12. The maximum Gasteiger partial charge on any atom is 0.291 e. The molecule has 0 unspecified atom stereocenters. The molecule has 1 aliphatic carbocycles. The number of anilines is 1. The average molecular weight is 252 g/mol. The maximum atomic E-state index is 12.2. The Bertz CT molecular complexity index is 451. The van der Waals surface area contributed by atoms with Crippen LogP contribution in [-0.2, 0) is 4.79 Å². The molecule has 0 saturated heterocycles. The van der Waals surface area contributed by atoms with Gasteiger partial charge < -0.3 is 16.4 Å². The average Bonchev–Trinajstić information content (AvgIpc) is 2.95. The third kappa shape index (κ3) is 2.58. The minimum Gasteiger partial charge on any atom is -0.368 e. The standard InChI is InChI=1S/C10H16N6O2/c11-7(17)5-16(6-3-1-2-4-6)9(18)8-13-10(12)15-14-8/h6H,1-5H2,(H2,11,17)(H3,12,13,14,15). The predicted octanol–water partition coefficient (Wildman–Crippen LogP) is -0.743. The van der Waals surface area contributed by atoms with Crippen molar-refractivity contribution < 1.29 is 9.59 Å². The number of primary amides is 1. The summed E-state index contributed by atoms with van der Waals surface area (Å²) in [6.07, 6.45) is 3.85. The molecule has 0 bridgehead atoms. The Kier molecular flexibility index (Phi) is 3.45. The quantitative estimate of drug-likeness (QED) is 0.649. The summed E-state index contributed by atoms with van der Waals surface area (Å²) >= 11 is 0. The zero-order valence-electron chi connectivity index (χ0n) is 9.93. The van der Waals surface area contributed by atoms with E-state index in [9.17, 15) is 9.59 Å². The van der Waals surface area contributed by atoms with E-state index < -0.39 is 5.91 Å². The first-order valence-electron chi connectivity index (χ1n) is 5.85. The van der Waals surface area contributed by atoms with Crippen molar-refractivity contribution in [2.75, 3.05) is 12.3 Å². The Morgan fingerprint density at radius 1 is 1.39 bits per heavy atom. The molecule has 2 amide bonds. The largest absolute Gasteiger partial charge is 0.368 e. The summed E-state index contributed by atoms with van der Waals surface area (Å²) in [5.41, 5.74) is 10.5. The number of hydrogen-bond donors (Lipinski definition) is 3. The summed E-state index contributed by atoms with van der Waals surface area (Å²) in [6.45, 7) is -0.107. The fourth-order valence-corrected chi connectivity index (χ4v) is 2.26. The second kappa shape index (κ2) is 5.03. The van der Waals surface area contributed by atoms with E-state index in [0.29, 0.717) is 0 Å². The van der Waals surface area contributed by atoms with Crippen LogP contribution in [0.15, 0.2) is 0 Å². The Morgan fingerprint density at radius 2 is 2.06 bits per heavy atom. The molecule has 1 heterocycles. The van der Waals surface area contributed by atoms with Crippen LogP contribution in [0, 0.1) is 0 Å².